The number of piperazine rings is 1. The van der Waals surface area contributed by atoms with Gasteiger partial charge in [0.1, 0.15) is 12.4 Å². The van der Waals surface area contributed by atoms with Gasteiger partial charge in [-0.2, -0.15) is 0 Å². The van der Waals surface area contributed by atoms with Gasteiger partial charge in [-0.05, 0) is 43.2 Å². The highest BCUT2D eigenvalue weighted by Crippen LogP contribution is 2.19. The fourth-order valence-electron chi connectivity index (χ4n) is 3.74. The van der Waals surface area contributed by atoms with Crippen LogP contribution in [0, 0.1) is 6.92 Å². The van der Waals surface area contributed by atoms with E-state index in [-0.39, 0.29) is 13.2 Å². The fourth-order valence-corrected chi connectivity index (χ4v) is 3.74. The Labute approximate surface area is 167 Å². The monoisotopic (exact) mass is 385 g/mol. The molecule has 28 heavy (non-hydrogen) atoms. The van der Waals surface area contributed by atoms with Crippen molar-refractivity contribution < 1.29 is 14.9 Å². The number of benzene rings is 1. The van der Waals surface area contributed by atoms with Crippen molar-refractivity contribution in [2.24, 2.45) is 0 Å². The van der Waals surface area contributed by atoms with E-state index in [1.807, 2.05) is 25.1 Å². The molecule has 1 aromatic carbocycles. The summed E-state index contributed by atoms with van der Waals surface area (Å²) in [5.74, 6) is 0.784. The Bertz CT molecular complexity index is 723. The van der Waals surface area contributed by atoms with Gasteiger partial charge in [-0.1, -0.05) is 18.2 Å². The van der Waals surface area contributed by atoms with E-state index in [0.717, 1.165) is 56.3 Å². The third kappa shape index (κ3) is 6.01. The van der Waals surface area contributed by atoms with Crippen LogP contribution in [0.5, 0.6) is 5.75 Å². The summed E-state index contributed by atoms with van der Waals surface area (Å²) < 4.78 is 5.42. The van der Waals surface area contributed by atoms with Crippen LogP contribution in [-0.4, -0.2) is 70.5 Å². The highest BCUT2D eigenvalue weighted by Gasteiger charge is 2.27. The molecule has 1 fully saturated rings. The van der Waals surface area contributed by atoms with Crippen molar-refractivity contribution in [1.82, 2.24) is 14.8 Å². The summed E-state index contributed by atoms with van der Waals surface area (Å²) >= 11 is 0. The van der Waals surface area contributed by atoms with E-state index in [1.54, 1.807) is 0 Å². The smallest absolute Gasteiger partial charge is 0.119 e. The van der Waals surface area contributed by atoms with Crippen LogP contribution in [-0.2, 0) is 13.1 Å². The van der Waals surface area contributed by atoms with Crippen molar-refractivity contribution in [2.45, 2.75) is 32.5 Å². The zero-order valence-electron chi connectivity index (χ0n) is 16.6. The van der Waals surface area contributed by atoms with E-state index in [0.29, 0.717) is 12.6 Å². The fraction of sp³-hybridized carbons (Fsp3) is 0.500. The van der Waals surface area contributed by atoms with E-state index < -0.39 is 0 Å². The molecule has 0 aliphatic carbocycles. The van der Waals surface area contributed by atoms with Gasteiger partial charge in [0.05, 0.1) is 12.3 Å². The number of aryl methyl sites for hydroxylation is 1. The minimum Gasteiger partial charge on any atom is -0.491 e. The summed E-state index contributed by atoms with van der Waals surface area (Å²) in [4.78, 5) is 9.53. The number of aliphatic hydroxyl groups excluding tert-OH is 2. The Kier molecular flexibility index (Phi) is 7.80. The van der Waals surface area contributed by atoms with E-state index >= 15 is 0 Å². The van der Waals surface area contributed by atoms with Crippen LogP contribution in [0.25, 0.3) is 0 Å². The molecule has 1 atom stereocenters. The average Bonchev–Trinajstić information content (AvgIpc) is 2.70. The Morgan fingerprint density at radius 1 is 1.04 bits per heavy atom. The lowest BCUT2D eigenvalue weighted by Gasteiger charge is -2.41. The molecule has 0 radical (unpaired) electrons. The molecule has 0 bridgehead atoms. The van der Waals surface area contributed by atoms with Crippen molar-refractivity contribution in [2.75, 3.05) is 39.5 Å². The Morgan fingerprint density at radius 2 is 1.86 bits per heavy atom. The molecule has 6 nitrogen and oxygen atoms in total. The molecular weight excluding hydrogens is 354 g/mol. The van der Waals surface area contributed by atoms with Crippen molar-refractivity contribution in [1.29, 1.82) is 0 Å². The Morgan fingerprint density at radius 3 is 2.57 bits per heavy atom. The maximum Gasteiger partial charge on any atom is 0.119 e. The summed E-state index contributed by atoms with van der Waals surface area (Å²) in [6, 6.07) is 14.6. The first-order valence-electron chi connectivity index (χ1n) is 10.0. The number of hydrogen-bond acceptors (Lipinski definition) is 6. The van der Waals surface area contributed by atoms with E-state index in [9.17, 15) is 5.11 Å². The molecule has 152 valence electrons. The Balaban J connectivity index is 1.57. The van der Waals surface area contributed by atoms with Crippen LogP contribution in [0.3, 0.4) is 0 Å². The van der Waals surface area contributed by atoms with Gasteiger partial charge in [0.2, 0.25) is 0 Å². The van der Waals surface area contributed by atoms with Gasteiger partial charge in [-0.25, -0.2) is 0 Å². The molecule has 2 N–H and O–H groups in total. The normalized spacial score (nSPS) is 18.3. The van der Waals surface area contributed by atoms with Crippen LogP contribution in [0.15, 0.2) is 42.5 Å². The van der Waals surface area contributed by atoms with Crippen molar-refractivity contribution in [3.05, 3.63) is 59.4 Å². The second-order valence-electron chi connectivity index (χ2n) is 7.36. The summed E-state index contributed by atoms with van der Waals surface area (Å²) in [5.41, 5.74) is 3.38. The van der Waals surface area contributed by atoms with Crippen LogP contribution >= 0.6 is 0 Å². The molecule has 1 aromatic heterocycles. The molecule has 2 aromatic rings. The van der Waals surface area contributed by atoms with Crippen LogP contribution in [0.2, 0.25) is 0 Å². The van der Waals surface area contributed by atoms with Gasteiger partial charge in [-0.3, -0.25) is 14.8 Å². The van der Waals surface area contributed by atoms with Crippen molar-refractivity contribution in [3.63, 3.8) is 0 Å². The zero-order valence-corrected chi connectivity index (χ0v) is 16.6. The second-order valence-corrected chi connectivity index (χ2v) is 7.36. The topological polar surface area (TPSA) is 69.1 Å². The van der Waals surface area contributed by atoms with Crippen LogP contribution in [0.4, 0.5) is 0 Å². The quantitative estimate of drug-likeness (QED) is 0.686. The summed E-state index contributed by atoms with van der Waals surface area (Å²) in [7, 11) is 0. The van der Waals surface area contributed by atoms with Gasteiger partial charge in [0.15, 0.2) is 0 Å². The van der Waals surface area contributed by atoms with Crippen molar-refractivity contribution >= 4 is 0 Å². The lowest BCUT2D eigenvalue weighted by Crippen LogP contribution is -2.52. The summed E-state index contributed by atoms with van der Waals surface area (Å²) in [5, 5.41) is 18.4. The lowest BCUT2D eigenvalue weighted by atomic mass is 10.1. The first-order valence-corrected chi connectivity index (χ1v) is 10.0. The number of hydrogen-bond donors (Lipinski definition) is 2. The van der Waals surface area contributed by atoms with Gasteiger partial charge in [0.25, 0.3) is 0 Å². The molecule has 0 saturated carbocycles. The largest absolute Gasteiger partial charge is 0.491 e. The number of ether oxygens (including phenoxy) is 1. The second kappa shape index (κ2) is 10.5. The third-order valence-corrected chi connectivity index (χ3v) is 5.15. The SMILES string of the molecule is Cc1cccc(CN2CCN(Cc3ccc(OCCO)cc3)C[C@H]2CCO)n1. The molecule has 1 aliphatic rings. The summed E-state index contributed by atoms with van der Waals surface area (Å²) in [6.45, 7) is 7.19. The Hall–Kier alpha value is -1.99. The molecule has 0 amide bonds. The van der Waals surface area contributed by atoms with Gasteiger partial charge >= 0.3 is 0 Å². The lowest BCUT2D eigenvalue weighted by molar-refractivity contribution is 0.0491. The van der Waals surface area contributed by atoms with E-state index in [1.165, 1.54) is 5.56 Å². The maximum absolute atomic E-state index is 9.53. The molecule has 3 rings (SSSR count). The van der Waals surface area contributed by atoms with Crippen LogP contribution in [0.1, 0.15) is 23.4 Å². The molecule has 1 saturated heterocycles. The minimum atomic E-state index is 0.0242. The first-order chi connectivity index (χ1) is 13.7. The number of rotatable bonds is 9. The molecular formula is C22H31N3O3. The predicted molar refractivity (Wildman–Crippen MR) is 109 cm³/mol. The number of aliphatic hydroxyl groups is 2. The third-order valence-electron chi connectivity index (χ3n) is 5.15. The summed E-state index contributed by atoms with van der Waals surface area (Å²) in [6.07, 6.45) is 0.774. The zero-order chi connectivity index (χ0) is 19.8. The van der Waals surface area contributed by atoms with Gasteiger partial charge in [0, 0.05) is 51.1 Å². The molecule has 1 aliphatic heterocycles. The van der Waals surface area contributed by atoms with Gasteiger partial charge in [-0.15, -0.1) is 0 Å². The number of aromatic nitrogens is 1. The van der Waals surface area contributed by atoms with Crippen LogP contribution < -0.4 is 4.74 Å². The predicted octanol–water partition coefficient (Wildman–Crippen LogP) is 1.83. The molecule has 0 spiro atoms. The standard InChI is InChI=1S/C22H31N3O3/c1-18-3-2-4-20(23-18)16-25-11-10-24(17-21(25)9-12-26)15-19-5-7-22(8-6-19)28-14-13-27/h2-8,21,26-27H,9-17H2,1H3/t21-/m1/s1. The average molecular weight is 386 g/mol. The number of nitrogens with zero attached hydrogens (tertiary/aromatic N) is 3. The number of pyridine rings is 1. The van der Waals surface area contributed by atoms with Crippen molar-refractivity contribution in [3.8, 4) is 5.75 Å². The van der Waals surface area contributed by atoms with E-state index in [4.69, 9.17) is 9.84 Å². The molecule has 6 heteroatoms. The molecule has 2 heterocycles. The first kappa shape index (κ1) is 20.7. The van der Waals surface area contributed by atoms with E-state index in [2.05, 4.69) is 39.0 Å². The highest BCUT2D eigenvalue weighted by atomic mass is 16.5. The maximum atomic E-state index is 9.53. The highest BCUT2D eigenvalue weighted by molar-refractivity contribution is 5.27. The minimum absolute atomic E-state index is 0.0242. The van der Waals surface area contributed by atoms with Gasteiger partial charge < -0.3 is 14.9 Å². The molecule has 0 unspecified atom stereocenters.